The zero-order valence-corrected chi connectivity index (χ0v) is 16.3. The molecule has 0 unspecified atom stereocenters. The highest BCUT2D eigenvalue weighted by Gasteiger charge is 2.34. The third-order valence-corrected chi connectivity index (χ3v) is 4.88. The van der Waals surface area contributed by atoms with Crippen molar-refractivity contribution in [3.63, 3.8) is 0 Å². The molecular weight excluding hydrogens is 382 g/mol. The van der Waals surface area contributed by atoms with Crippen LogP contribution in [0.5, 0.6) is 0 Å². The Hall–Kier alpha value is -2.84. The first-order valence-electron chi connectivity index (χ1n) is 8.65. The van der Waals surface area contributed by atoms with Gasteiger partial charge in [-0.05, 0) is 43.0 Å². The highest BCUT2D eigenvalue weighted by atomic mass is 32.2. The zero-order chi connectivity index (χ0) is 20.1. The molecule has 2 aromatic rings. The second-order valence-corrected chi connectivity index (χ2v) is 6.82. The molecule has 0 atom stereocenters. The van der Waals surface area contributed by atoms with E-state index in [-0.39, 0.29) is 30.3 Å². The van der Waals surface area contributed by atoms with Gasteiger partial charge in [0.15, 0.2) is 0 Å². The quantitative estimate of drug-likeness (QED) is 0.515. The van der Waals surface area contributed by atoms with Crippen molar-refractivity contribution in [3.8, 4) is 11.3 Å². The van der Waals surface area contributed by atoms with E-state index in [2.05, 4.69) is 0 Å². The highest BCUT2D eigenvalue weighted by Crippen LogP contribution is 2.33. The summed E-state index contributed by atoms with van der Waals surface area (Å²) in [5.74, 6) is 0.309. The van der Waals surface area contributed by atoms with E-state index < -0.39 is 0 Å². The Kier molecular flexibility index (Phi) is 6.33. The van der Waals surface area contributed by atoms with Gasteiger partial charge in [0.1, 0.15) is 11.5 Å². The van der Waals surface area contributed by atoms with Crippen LogP contribution in [0, 0.1) is 0 Å². The van der Waals surface area contributed by atoms with Gasteiger partial charge < -0.3 is 13.9 Å². The molecule has 1 fully saturated rings. The first-order valence-corrected chi connectivity index (χ1v) is 9.47. The predicted octanol–water partition coefficient (Wildman–Crippen LogP) is 3.81. The number of rotatable bonds is 7. The Morgan fingerprint density at radius 3 is 2.61 bits per heavy atom. The lowest BCUT2D eigenvalue weighted by atomic mass is 10.1. The Balaban J connectivity index is 1.74. The van der Waals surface area contributed by atoms with Gasteiger partial charge in [-0.3, -0.25) is 14.5 Å². The molecule has 1 aromatic carbocycles. The van der Waals surface area contributed by atoms with Gasteiger partial charge in [0, 0.05) is 18.7 Å². The van der Waals surface area contributed by atoms with Crippen LogP contribution in [0.15, 0.2) is 45.7 Å². The van der Waals surface area contributed by atoms with Crippen molar-refractivity contribution in [2.45, 2.75) is 6.92 Å². The van der Waals surface area contributed by atoms with E-state index in [1.54, 1.807) is 49.4 Å². The third kappa shape index (κ3) is 4.35. The van der Waals surface area contributed by atoms with Gasteiger partial charge in [-0.15, -0.1) is 0 Å². The minimum atomic E-state index is -0.376. The van der Waals surface area contributed by atoms with E-state index in [9.17, 15) is 14.4 Å². The average Bonchev–Trinajstić information content (AvgIpc) is 3.26. The number of hydrogen-bond donors (Lipinski definition) is 0. The highest BCUT2D eigenvalue weighted by molar-refractivity contribution is 8.18. The topological polar surface area (TPSA) is 86.0 Å². The molecule has 1 saturated heterocycles. The summed E-state index contributed by atoms with van der Waals surface area (Å²) in [4.78, 5) is 37.5. The SMILES string of the molecule is CCOC(=O)c1ccc(-c2ccc(/C=C3/SC(=O)N(CCOC)C3=O)o2)cc1. The van der Waals surface area contributed by atoms with Crippen LogP contribution >= 0.6 is 11.8 Å². The Morgan fingerprint density at radius 1 is 1.18 bits per heavy atom. The first-order chi connectivity index (χ1) is 13.5. The number of esters is 1. The number of hydrogen-bond acceptors (Lipinski definition) is 7. The molecule has 8 heteroatoms. The van der Waals surface area contributed by atoms with E-state index >= 15 is 0 Å². The van der Waals surface area contributed by atoms with Crippen molar-refractivity contribution < 1.29 is 28.3 Å². The van der Waals surface area contributed by atoms with Crippen LogP contribution in [0.3, 0.4) is 0 Å². The number of nitrogens with zero attached hydrogens (tertiary/aromatic N) is 1. The summed E-state index contributed by atoms with van der Waals surface area (Å²) in [6.45, 7) is 2.58. The van der Waals surface area contributed by atoms with E-state index in [4.69, 9.17) is 13.9 Å². The van der Waals surface area contributed by atoms with Crippen molar-refractivity contribution >= 4 is 35.0 Å². The van der Waals surface area contributed by atoms with E-state index in [1.807, 2.05) is 0 Å². The summed E-state index contributed by atoms with van der Waals surface area (Å²) in [5, 5.41) is -0.324. The Bertz CT molecular complexity index is 915. The van der Waals surface area contributed by atoms with Gasteiger partial charge in [-0.25, -0.2) is 4.79 Å². The summed E-state index contributed by atoms with van der Waals surface area (Å²) >= 11 is 0.873. The molecule has 1 aromatic heterocycles. The van der Waals surface area contributed by atoms with Crippen molar-refractivity contribution in [2.24, 2.45) is 0 Å². The van der Waals surface area contributed by atoms with Gasteiger partial charge in [0.05, 0.1) is 30.2 Å². The van der Waals surface area contributed by atoms with Gasteiger partial charge in [0.2, 0.25) is 0 Å². The normalized spacial score (nSPS) is 15.5. The number of amides is 2. The molecule has 3 rings (SSSR count). The molecule has 2 amide bonds. The van der Waals surface area contributed by atoms with Crippen molar-refractivity contribution in [1.82, 2.24) is 4.90 Å². The summed E-state index contributed by atoms with van der Waals surface area (Å²) in [6, 6.07) is 10.3. The number of ether oxygens (including phenoxy) is 2. The number of thioether (sulfide) groups is 1. The van der Waals surface area contributed by atoms with Gasteiger partial charge in [-0.2, -0.15) is 0 Å². The third-order valence-electron chi connectivity index (χ3n) is 3.97. The monoisotopic (exact) mass is 401 g/mol. The maximum absolute atomic E-state index is 12.3. The molecular formula is C20H19NO6S. The maximum Gasteiger partial charge on any atom is 0.338 e. The van der Waals surface area contributed by atoms with Crippen LogP contribution in [0.25, 0.3) is 17.4 Å². The van der Waals surface area contributed by atoms with Gasteiger partial charge in [0.25, 0.3) is 11.1 Å². The van der Waals surface area contributed by atoms with Crippen molar-refractivity contribution in [2.75, 3.05) is 26.9 Å². The van der Waals surface area contributed by atoms with Crippen molar-refractivity contribution in [1.29, 1.82) is 0 Å². The lowest BCUT2D eigenvalue weighted by Crippen LogP contribution is -2.31. The molecule has 146 valence electrons. The molecule has 2 heterocycles. The van der Waals surface area contributed by atoms with Crippen LogP contribution in [-0.4, -0.2) is 48.9 Å². The molecule has 0 bridgehead atoms. The largest absolute Gasteiger partial charge is 0.462 e. The van der Waals surface area contributed by atoms with Crippen LogP contribution in [0.4, 0.5) is 4.79 Å². The number of carbonyl (C=O) groups excluding carboxylic acids is 3. The maximum atomic E-state index is 12.3. The lowest BCUT2D eigenvalue weighted by Gasteiger charge is -2.10. The molecule has 7 nitrogen and oxygen atoms in total. The molecule has 28 heavy (non-hydrogen) atoms. The second-order valence-electron chi connectivity index (χ2n) is 5.83. The summed E-state index contributed by atoms with van der Waals surface area (Å²) < 4.78 is 15.6. The predicted molar refractivity (Wildman–Crippen MR) is 105 cm³/mol. The summed E-state index contributed by atoms with van der Waals surface area (Å²) in [7, 11) is 1.51. The fourth-order valence-electron chi connectivity index (χ4n) is 2.58. The van der Waals surface area contributed by atoms with Gasteiger partial charge in [-0.1, -0.05) is 12.1 Å². The molecule has 0 saturated carbocycles. The smallest absolute Gasteiger partial charge is 0.338 e. The first kappa shape index (κ1) is 19.9. The fraction of sp³-hybridized carbons (Fsp3) is 0.250. The fourth-order valence-corrected chi connectivity index (χ4v) is 3.42. The molecule has 1 aliphatic rings. The number of furan rings is 1. The molecule has 1 aliphatic heterocycles. The molecule has 0 radical (unpaired) electrons. The standard InChI is InChI=1S/C20H19NO6S/c1-3-26-19(23)14-6-4-13(5-7-14)16-9-8-15(27-16)12-17-18(22)21(10-11-25-2)20(24)28-17/h4-9,12H,3,10-11H2,1-2H3/b17-12+. The molecule has 0 spiro atoms. The van der Waals surface area contributed by atoms with Crippen LogP contribution < -0.4 is 0 Å². The summed E-state index contributed by atoms with van der Waals surface area (Å²) in [5.41, 5.74) is 1.24. The zero-order valence-electron chi connectivity index (χ0n) is 15.5. The minimum absolute atomic E-state index is 0.217. The number of methoxy groups -OCH3 is 1. The van der Waals surface area contributed by atoms with Crippen molar-refractivity contribution in [3.05, 3.63) is 52.6 Å². The average molecular weight is 401 g/mol. The lowest BCUT2D eigenvalue weighted by molar-refractivity contribution is -0.123. The van der Waals surface area contributed by atoms with E-state index in [1.165, 1.54) is 7.11 Å². The number of carbonyl (C=O) groups is 3. The molecule has 0 N–H and O–H groups in total. The van der Waals surface area contributed by atoms with E-state index in [0.29, 0.717) is 28.6 Å². The Labute approximate surface area is 166 Å². The van der Waals surface area contributed by atoms with Crippen LogP contribution in [-0.2, 0) is 14.3 Å². The second kappa shape index (κ2) is 8.90. The molecule has 0 aliphatic carbocycles. The number of benzene rings is 1. The van der Waals surface area contributed by atoms with Crippen LogP contribution in [0.2, 0.25) is 0 Å². The van der Waals surface area contributed by atoms with Crippen LogP contribution in [0.1, 0.15) is 23.0 Å². The summed E-state index contributed by atoms with van der Waals surface area (Å²) in [6.07, 6.45) is 1.55. The van der Waals surface area contributed by atoms with Gasteiger partial charge >= 0.3 is 5.97 Å². The minimum Gasteiger partial charge on any atom is -0.462 e. The Morgan fingerprint density at radius 2 is 1.93 bits per heavy atom. The van der Waals surface area contributed by atoms with E-state index in [0.717, 1.165) is 22.2 Å². The number of imide groups is 1.